The Balaban J connectivity index is 1.25. The van der Waals surface area contributed by atoms with E-state index < -0.39 is 10.0 Å². The Morgan fingerprint density at radius 2 is 1.65 bits per heavy atom. The third-order valence-corrected chi connectivity index (χ3v) is 9.25. The largest absolute Gasteiger partial charge is 0.326 e. The number of nitrogens with one attached hydrogen (secondary N) is 1. The topological polar surface area (TPSA) is 66.5 Å². The number of amides is 1. The predicted octanol–water partition coefficient (Wildman–Crippen LogP) is 5.92. The molecule has 1 amide bonds. The summed E-state index contributed by atoms with van der Waals surface area (Å²) in [5.41, 5.74) is 2.71. The lowest BCUT2D eigenvalue weighted by atomic mass is 9.97. The highest BCUT2D eigenvalue weighted by Gasteiger charge is 2.31. The number of hydrogen-bond acceptors (Lipinski definition) is 4. The molecule has 8 heteroatoms. The van der Waals surface area contributed by atoms with E-state index in [1.165, 1.54) is 14.8 Å². The number of nitrogens with zero attached hydrogens (tertiary/aromatic N) is 1. The van der Waals surface area contributed by atoms with Crippen LogP contribution in [0.2, 0.25) is 0 Å². The van der Waals surface area contributed by atoms with Gasteiger partial charge in [-0.1, -0.05) is 58.4 Å². The van der Waals surface area contributed by atoms with E-state index in [2.05, 4.69) is 33.4 Å². The van der Waals surface area contributed by atoms with Crippen LogP contribution in [-0.2, 0) is 26.3 Å². The van der Waals surface area contributed by atoms with Crippen LogP contribution in [0.1, 0.15) is 24.0 Å². The summed E-state index contributed by atoms with van der Waals surface area (Å²) in [5, 5.41) is 2.99. The third-order valence-electron chi connectivity index (χ3n) is 5.83. The van der Waals surface area contributed by atoms with Crippen LogP contribution in [0.4, 0.5) is 5.69 Å². The maximum atomic E-state index is 12.8. The first-order chi connectivity index (χ1) is 16.4. The van der Waals surface area contributed by atoms with Gasteiger partial charge in [0.05, 0.1) is 5.75 Å². The quantitative estimate of drug-likeness (QED) is 0.348. The van der Waals surface area contributed by atoms with Crippen LogP contribution in [0.3, 0.4) is 0 Å². The van der Waals surface area contributed by atoms with Crippen molar-refractivity contribution in [3.05, 3.63) is 94.5 Å². The first-order valence-corrected chi connectivity index (χ1v) is 14.6. The second-order valence-corrected chi connectivity index (χ2v) is 12.3. The number of piperidine rings is 1. The Bertz CT molecular complexity index is 1210. The van der Waals surface area contributed by atoms with Crippen LogP contribution in [0, 0.1) is 5.92 Å². The van der Waals surface area contributed by atoms with Crippen molar-refractivity contribution < 1.29 is 13.2 Å². The molecule has 0 saturated carbocycles. The first kappa shape index (κ1) is 25.0. The fourth-order valence-electron chi connectivity index (χ4n) is 3.94. The molecule has 1 fully saturated rings. The monoisotopic (exact) mass is 558 g/mol. The summed E-state index contributed by atoms with van der Waals surface area (Å²) in [7, 11) is -3.41. The van der Waals surface area contributed by atoms with E-state index in [0.29, 0.717) is 25.9 Å². The van der Waals surface area contributed by atoms with E-state index in [9.17, 15) is 13.2 Å². The first-order valence-electron chi connectivity index (χ1n) is 11.2. The summed E-state index contributed by atoms with van der Waals surface area (Å²) in [4.78, 5) is 14.0. The van der Waals surface area contributed by atoms with Crippen LogP contribution < -0.4 is 5.32 Å². The van der Waals surface area contributed by atoms with E-state index >= 15 is 0 Å². The summed E-state index contributed by atoms with van der Waals surface area (Å²) in [5.74, 6) is 0.602. The number of sulfonamides is 1. The molecule has 1 aliphatic rings. The Hall–Kier alpha value is -2.13. The van der Waals surface area contributed by atoms with E-state index in [4.69, 9.17) is 0 Å². The third kappa shape index (κ3) is 6.95. The van der Waals surface area contributed by atoms with Gasteiger partial charge in [-0.25, -0.2) is 12.7 Å². The molecule has 178 valence electrons. The van der Waals surface area contributed by atoms with Crippen LogP contribution in [0.5, 0.6) is 0 Å². The lowest BCUT2D eigenvalue weighted by Gasteiger charge is -2.30. The molecule has 34 heavy (non-hydrogen) atoms. The zero-order valence-electron chi connectivity index (χ0n) is 18.7. The average molecular weight is 560 g/mol. The molecule has 0 radical (unpaired) electrons. The van der Waals surface area contributed by atoms with Crippen LogP contribution in [0.25, 0.3) is 0 Å². The Morgan fingerprint density at radius 3 is 2.32 bits per heavy atom. The molecule has 0 spiro atoms. The Morgan fingerprint density at radius 1 is 0.941 bits per heavy atom. The average Bonchev–Trinajstić information content (AvgIpc) is 2.84. The van der Waals surface area contributed by atoms with Gasteiger partial charge in [0.2, 0.25) is 15.9 Å². The van der Waals surface area contributed by atoms with Crippen LogP contribution >= 0.6 is 27.7 Å². The molecule has 1 heterocycles. The molecule has 0 aliphatic carbocycles. The zero-order valence-corrected chi connectivity index (χ0v) is 21.9. The summed E-state index contributed by atoms with van der Waals surface area (Å²) < 4.78 is 28.0. The maximum absolute atomic E-state index is 12.8. The molecule has 4 rings (SSSR count). The smallest absolute Gasteiger partial charge is 0.227 e. The molecule has 5 nitrogen and oxygen atoms in total. The van der Waals surface area contributed by atoms with Gasteiger partial charge in [-0.2, -0.15) is 0 Å². The van der Waals surface area contributed by atoms with Gasteiger partial charge >= 0.3 is 0 Å². The highest BCUT2D eigenvalue weighted by molar-refractivity contribution is 9.10. The highest BCUT2D eigenvalue weighted by atomic mass is 79.9. The van der Waals surface area contributed by atoms with Crippen molar-refractivity contribution in [1.29, 1.82) is 0 Å². The number of hydrogen-bond donors (Lipinski definition) is 1. The molecule has 1 aliphatic heterocycles. The number of benzene rings is 3. The van der Waals surface area contributed by atoms with Gasteiger partial charge in [0.25, 0.3) is 0 Å². The van der Waals surface area contributed by atoms with Crippen molar-refractivity contribution in [2.45, 2.75) is 29.2 Å². The normalized spacial score (nSPS) is 15.2. The number of carbonyl (C=O) groups is 1. The second-order valence-electron chi connectivity index (χ2n) is 8.35. The van der Waals surface area contributed by atoms with Crippen molar-refractivity contribution in [3.63, 3.8) is 0 Å². The van der Waals surface area contributed by atoms with Crippen LogP contribution in [0.15, 0.2) is 88.2 Å². The van der Waals surface area contributed by atoms with Crippen molar-refractivity contribution in [3.8, 4) is 0 Å². The minimum atomic E-state index is -3.41. The lowest BCUT2D eigenvalue weighted by Crippen LogP contribution is -2.41. The molecule has 0 bridgehead atoms. The predicted molar refractivity (Wildman–Crippen MR) is 142 cm³/mol. The van der Waals surface area contributed by atoms with Gasteiger partial charge in [0.1, 0.15) is 0 Å². The van der Waals surface area contributed by atoms with Gasteiger partial charge in [-0.3, -0.25) is 4.79 Å². The van der Waals surface area contributed by atoms with Crippen molar-refractivity contribution in [2.24, 2.45) is 5.92 Å². The summed E-state index contributed by atoms with van der Waals surface area (Å²) in [6, 6.07) is 25.5. The molecule has 3 aromatic carbocycles. The number of halogens is 1. The van der Waals surface area contributed by atoms with Crippen molar-refractivity contribution in [1.82, 2.24) is 4.31 Å². The molecule has 3 aromatic rings. The van der Waals surface area contributed by atoms with E-state index in [0.717, 1.165) is 21.5 Å². The number of thioether (sulfide) groups is 1. The summed E-state index contributed by atoms with van der Waals surface area (Å²) in [6.45, 7) is 0.730. The fourth-order valence-corrected chi connectivity index (χ4v) is 6.81. The van der Waals surface area contributed by atoms with Gasteiger partial charge in [-0.05, 0) is 60.4 Å². The number of anilines is 1. The molecule has 1 saturated heterocycles. The molecule has 0 aromatic heterocycles. The summed E-state index contributed by atoms with van der Waals surface area (Å²) >= 11 is 5.16. The van der Waals surface area contributed by atoms with Crippen molar-refractivity contribution in [2.75, 3.05) is 18.4 Å². The lowest BCUT2D eigenvalue weighted by molar-refractivity contribution is -0.120. The summed E-state index contributed by atoms with van der Waals surface area (Å²) in [6.07, 6.45) is 1.05. The molecular formula is C26H27BrN2O3S2. The SMILES string of the molecule is O=C(Nc1ccc(CSc2ccccc2)cc1)C1CCN(S(=O)(=O)Cc2cccc(Br)c2)CC1. The van der Waals surface area contributed by atoms with Crippen LogP contribution in [-0.4, -0.2) is 31.7 Å². The zero-order chi connectivity index (χ0) is 24.0. The highest BCUT2D eigenvalue weighted by Crippen LogP contribution is 2.25. The Kier molecular flexibility index (Phi) is 8.47. The Labute approximate surface area is 214 Å². The molecule has 0 atom stereocenters. The molecular weight excluding hydrogens is 532 g/mol. The second kappa shape index (κ2) is 11.5. The number of carbonyl (C=O) groups excluding carboxylic acids is 1. The minimum absolute atomic E-state index is 0.0296. The maximum Gasteiger partial charge on any atom is 0.227 e. The fraction of sp³-hybridized carbons (Fsp3) is 0.269. The molecule has 0 unspecified atom stereocenters. The van der Waals surface area contributed by atoms with Gasteiger partial charge in [0, 0.05) is 39.8 Å². The van der Waals surface area contributed by atoms with Crippen molar-refractivity contribution >= 4 is 49.3 Å². The van der Waals surface area contributed by atoms with Gasteiger partial charge in [-0.15, -0.1) is 11.8 Å². The van der Waals surface area contributed by atoms with Gasteiger partial charge < -0.3 is 5.32 Å². The van der Waals surface area contributed by atoms with Gasteiger partial charge in [0.15, 0.2) is 0 Å². The van der Waals surface area contributed by atoms with E-state index in [-0.39, 0.29) is 17.6 Å². The van der Waals surface area contributed by atoms with E-state index in [1.54, 1.807) is 11.8 Å². The number of rotatable bonds is 8. The minimum Gasteiger partial charge on any atom is -0.326 e. The van der Waals surface area contributed by atoms with E-state index in [1.807, 2.05) is 66.7 Å². The standard InChI is InChI=1S/C26H27BrN2O3S2/c27-23-6-4-5-21(17-23)19-34(31,32)29-15-13-22(14-16-29)26(30)28-24-11-9-20(10-12-24)18-33-25-7-2-1-3-8-25/h1-12,17,22H,13-16,18-19H2,(H,28,30). The molecule has 1 N–H and O–H groups in total.